The Hall–Kier alpha value is -4.54. The number of aryl methyl sites for hydroxylation is 1. The van der Waals surface area contributed by atoms with Gasteiger partial charge in [0.25, 0.3) is 17.6 Å². The number of ether oxygens (including phenoxy) is 1. The minimum atomic E-state index is -3.00. The van der Waals surface area contributed by atoms with Gasteiger partial charge in [-0.1, -0.05) is 17.6 Å². The number of pyridine rings is 1. The first-order valence-electron chi connectivity index (χ1n) is 16.1. The van der Waals surface area contributed by atoms with Gasteiger partial charge in [-0.3, -0.25) is 14.4 Å². The SMILES string of the molecule is [2H]c1c([2H])c(C(=O)N2CCN(C(=O)C(=O)c3c[nH]c4c(-n5nc(C([2H])([2H])[2H])nc5[2H])ncc(OC([2H])([2H])[2H])c34)CC2)c([2H])c([2H])c1C. The Bertz CT molecular complexity index is 1910. The van der Waals surface area contributed by atoms with Gasteiger partial charge in [0.05, 0.1) is 39.3 Å². The lowest BCUT2D eigenvalue weighted by atomic mass is 10.1. The van der Waals surface area contributed by atoms with E-state index in [0.29, 0.717) is 0 Å². The second-order valence-electron chi connectivity index (χ2n) is 7.86. The first-order valence-corrected chi connectivity index (χ1v) is 10.6. The van der Waals surface area contributed by atoms with Crippen LogP contribution in [-0.4, -0.2) is 85.3 Å². The number of fused-ring (bicyclic) bond motifs is 1. The summed E-state index contributed by atoms with van der Waals surface area (Å²) in [6, 6.07) is -1.65. The van der Waals surface area contributed by atoms with Crippen LogP contribution in [0.1, 0.15) is 47.2 Å². The van der Waals surface area contributed by atoms with Crippen LogP contribution in [0.3, 0.4) is 0 Å². The number of piperazine rings is 1. The summed E-state index contributed by atoms with van der Waals surface area (Å²) in [7, 11) is -3.00. The monoisotopic (exact) mass is 498 g/mol. The van der Waals surface area contributed by atoms with Crippen molar-refractivity contribution in [2.45, 2.75) is 13.8 Å². The van der Waals surface area contributed by atoms with Crippen molar-refractivity contribution >= 4 is 28.5 Å². The smallest absolute Gasteiger partial charge is 0.295 e. The molecule has 0 atom stereocenters. The molecular formula is C25H25N7O4. The van der Waals surface area contributed by atoms with Crippen molar-refractivity contribution in [3.8, 4) is 11.6 Å². The predicted molar refractivity (Wildman–Crippen MR) is 130 cm³/mol. The average Bonchev–Trinajstić information content (AvgIpc) is 3.63. The number of methoxy groups -OCH3 is 1. The molecule has 0 radical (unpaired) electrons. The van der Waals surface area contributed by atoms with Gasteiger partial charge in [-0.25, -0.2) is 14.6 Å². The van der Waals surface area contributed by atoms with E-state index in [9.17, 15) is 14.4 Å². The van der Waals surface area contributed by atoms with E-state index < -0.39 is 67.0 Å². The van der Waals surface area contributed by atoms with Crippen LogP contribution < -0.4 is 4.74 Å². The third-order valence-electron chi connectivity index (χ3n) is 5.67. The molecule has 1 saturated heterocycles. The molecule has 4 aromatic rings. The van der Waals surface area contributed by atoms with Crippen LogP contribution in [0.2, 0.25) is 0 Å². The fourth-order valence-corrected chi connectivity index (χ4v) is 3.86. The van der Waals surface area contributed by atoms with E-state index in [4.69, 9.17) is 19.8 Å². The topological polar surface area (TPSA) is 126 Å². The summed E-state index contributed by atoms with van der Waals surface area (Å²) in [5.74, 6) is -4.16. The quantitative estimate of drug-likeness (QED) is 0.329. The molecule has 0 spiro atoms. The molecule has 0 saturated carbocycles. The highest BCUT2D eigenvalue weighted by Crippen LogP contribution is 2.31. The van der Waals surface area contributed by atoms with Gasteiger partial charge in [-0.2, -0.15) is 5.10 Å². The number of benzene rings is 1. The van der Waals surface area contributed by atoms with Gasteiger partial charge in [-0.05, 0) is 25.9 Å². The first-order chi connectivity index (χ1) is 21.8. The number of rotatable bonds is 5. The van der Waals surface area contributed by atoms with E-state index in [0.717, 1.165) is 22.0 Å². The van der Waals surface area contributed by atoms with Gasteiger partial charge in [0.1, 0.15) is 19.2 Å². The maximum atomic E-state index is 13.6. The lowest BCUT2D eigenvalue weighted by Gasteiger charge is -2.34. The number of hydrogen-bond acceptors (Lipinski definition) is 7. The summed E-state index contributed by atoms with van der Waals surface area (Å²) in [5, 5.41) is 3.62. The van der Waals surface area contributed by atoms with E-state index in [1.807, 2.05) is 0 Å². The second kappa shape index (κ2) is 9.25. The lowest BCUT2D eigenvalue weighted by Crippen LogP contribution is -2.52. The number of nitrogens with zero attached hydrogens (tertiary/aromatic N) is 6. The zero-order chi connectivity index (χ0) is 34.7. The molecule has 2 amide bonds. The zero-order valence-corrected chi connectivity index (χ0v) is 18.8. The fraction of sp³-hybridized carbons (Fsp3) is 0.280. The first kappa shape index (κ1) is 13.5. The molecule has 11 nitrogen and oxygen atoms in total. The van der Waals surface area contributed by atoms with Crippen molar-refractivity contribution < 1.29 is 34.2 Å². The summed E-state index contributed by atoms with van der Waals surface area (Å²) in [6.07, 6.45) is 1.41. The Morgan fingerprint density at radius 2 is 1.83 bits per heavy atom. The molecule has 0 bridgehead atoms. The normalized spacial score (nSPS) is 18.9. The van der Waals surface area contributed by atoms with Crippen molar-refractivity contribution in [2.24, 2.45) is 0 Å². The molecule has 1 fully saturated rings. The number of hydrogen-bond donors (Lipinski definition) is 1. The molecular weight excluding hydrogens is 462 g/mol. The molecule has 1 aliphatic heterocycles. The van der Waals surface area contributed by atoms with Crippen LogP contribution in [-0.2, 0) is 4.79 Å². The highest BCUT2D eigenvalue weighted by molar-refractivity contribution is 6.45. The van der Waals surface area contributed by atoms with Gasteiger partial charge in [0.2, 0.25) is 0 Å². The number of ketones is 1. The van der Waals surface area contributed by atoms with E-state index in [-0.39, 0.29) is 66.1 Å². The maximum absolute atomic E-state index is 13.6. The number of aromatic nitrogens is 5. The lowest BCUT2D eigenvalue weighted by molar-refractivity contribution is -0.127. The minimum Gasteiger partial charge on any atom is -0.494 e. The van der Waals surface area contributed by atoms with Crippen LogP contribution in [0, 0.1) is 13.8 Å². The second-order valence-corrected chi connectivity index (χ2v) is 7.86. The molecule has 1 aliphatic rings. The highest BCUT2D eigenvalue weighted by Gasteiger charge is 2.31. The summed E-state index contributed by atoms with van der Waals surface area (Å²) in [4.78, 5) is 53.0. The Morgan fingerprint density at radius 3 is 2.53 bits per heavy atom. The molecule has 1 aromatic carbocycles. The summed E-state index contributed by atoms with van der Waals surface area (Å²) < 4.78 is 91.5. The summed E-state index contributed by atoms with van der Waals surface area (Å²) >= 11 is 0. The van der Waals surface area contributed by atoms with Crippen molar-refractivity contribution in [3.63, 3.8) is 0 Å². The number of Topliss-reactive ketones (excluding diaryl/α,β-unsaturated/α-hetero) is 1. The molecule has 0 aliphatic carbocycles. The van der Waals surface area contributed by atoms with Crippen molar-refractivity contribution in [3.05, 3.63) is 65.4 Å². The minimum absolute atomic E-state index is 0.0922. The van der Waals surface area contributed by atoms with E-state index in [2.05, 4.69) is 20.1 Å². The van der Waals surface area contributed by atoms with Gasteiger partial charge >= 0.3 is 0 Å². The number of nitrogens with one attached hydrogen (secondary N) is 1. The predicted octanol–water partition coefficient (Wildman–Crippen LogP) is 1.94. The number of aromatic amines is 1. The number of H-pyrrole nitrogens is 1. The van der Waals surface area contributed by atoms with E-state index in [1.54, 1.807) is 0 Å². The third kappa shape index (κ3) is 4.08. The molecule has 4 heterocycles. The molecule has 1 N–H and O–H groups in total. The van der Waals surface area contributed by atoms with Gasteiger partial charge in [0, 0.05) is 42.1 Å². The van der Waals surface area contributed by atoms with Crippen LogP contribution in [0.5, 0.6) is 5.75 Å². The van der Waals surface area contributed by atoms with Gasteiger partial charge < -0.3 is 19.5 Å². The number of carbonyl (C=O) groups is 3. The number of carbonyl (C=O) groups excluding carboxylic acids is 3. The zero-order valence-electron chi connectivity index (χ0n) is 29.8. The molecule has 36 heavy (non-hydrogen) atoms. The molecule has 3 aromatic heterocycles. The Kier molecular flexibility index (Phi) is 3.47. The van der Waals surface area contributed by atoms with Gasteiger partial charge in [-0.15, -0.1) is 0 Å². The molecule has 11 heteroatoms. The van der Waals surface area contributed by atoms with Crippen LogP contribution in [0.25, 0.3) is 16.7 Å². The van der Waals surface area contributed by atoms with E-state index >= 15 is 0 Å². The Morgan fingerprint density at radius 1 is 1.08 bits per heavy atom. The van der Waals surface area contributed by atoms with Crippen molar-refractivity contribution in [2.75, 3.05) is 33.2 Å². The largest absolute Gasteiger partial charge is 0.494 e. The summed E-state index contributed by atoms with van der Waals surface area (Å²) in [6.45, 7) is -1.79. The molecule has 5 rings (SSSR count). The Labute approximate surface area is 222 Å². The van der Waals surface area contributed by atoms with Crippen molar-refractivity contribution in [1.82, 2.24) is 34.5 Å². The average molecular weight is 499 g/mol. The third-order valence-corrected chi connectivity index (χ3v) is 5.67. The van der Waals surface area contributed by atoms with Crippen LogP contribution in [0.15, 0.2) is 42.9 Å². The maximum Gasteiger partial charge on any atom is 0.295 e. The standard InChI is InChI=1S/C25H25N7O4/c1-15-4-6-17(7-5-15)24(34)30-8-10-31(11-9-30)25(35)22(33)18-12-26-21-20(18)19(36-3)13-27-23(21)32-14-28-16(2)29-32/h4-7,12-14,26H,8-11H2,1-3H3/i2D3,3D3,4D,5D,6D,7D,14D. The fourth-order valence-electron chi connectivity index (χ4n) is 3.86. The summed E-state index contributed by atoms with van der Waals surface area (Å²) in [5.41, 5.74) is -0.732. The van der Waals surface area contributed by atoms with Crippen LogP contribution >= 0.6 is 0 Å². The van der Waals surface area contributed by atoms with Crippen LogP contribution in [0.4, 0.5) is 0 Å². The Balaban J connectivity index is 1.44. The molecule has 184 valence electrons. The molecule has 0 unspecified atom stereocenters. The van der Waals surface area contributed by atoms with Crippen molar-refractivity contribution in [1.29, 1.82) is 0 Å². The highest BCUT2D eigenvalue weighted by atomic mass is 16.5. The number of amides is 2. The van der Waals surface area contributed by atoms with Gasteiger partial charge in [0.15, 0.2) is 5.82 Å². The van der Waals surface area contributed by atoms with E-state index in [1.165, 1.54) is 11.8 Å².